The van der Waals surface area contributed by atoms with Gasteiger partial charge in [0.2, 0.25) is 0 Å². The van der Waals surface area contributed by atoms with Crippen molar-refractivity contribution in [1.82, 2.24) is 5.32 Å². The summed E-state index contributed by atoms with van der Waals surface area (Å²) in [6, 6.07) is 12.3. The summed E-state index contributed by atoms with van der Waals surface area (Å²) < 4.78 is 18.5. The molecule has 0 fully saturated rings. The van der Waals surface area contributed by atoms with Gasteiger partial charge in [-0.3, -0.25) is 4.79 Å². The lowest BCUT2D eigenvalue weighted by atomic mass is 10.1. The Morgan fingerprint density at radius 1 is 1.29 bits per heavy atom. The van der Waals surface area contributed by atoms with E-state index in [0.29, 0.717) is 5.56 Å². The zero-order valence-electron chi connectivity index (χ0n) is 11.7. The summed E-state index contributed by atoms with van der Waals surface area (Å²) in [5, 5.41) is 2.97. The highest BCUT2D eigenvalue weighted by molar-refractivity contribution is 5.94. The molecule has 108 valence electrons. The van der Waals surface area contributed by atoms with Gasteiger partial charge in [0.25, 0.3) is 5.91 Å². The molecule has 0 saturated carbocycles. The van der Waals surface area contributed by atoms with Crippen molar-refractivity contribution >= 4 is 5.91 Å². The Morgan fingerprint density at radius 2 is 2.10 bits per heavy atom. The number of nitrogens with one attached hydrogen (secondary N) is 1. The Morgan fingerprint density at radius 3 is 2.86 bits per heavy atom. The van der Waals surface area contributed by atoms with Gasteiger partial charge >= 0.3 is 0 Å². The van der Waals surface area contributed by atoms with Crippen molar-refractivity contribution in [3.8, 4) is 5.75 Å². The normalized spacial score (nSPS) is 16.4. The third-order valence-electron chi connectivity index (χ3n) is 3.85. The SMILES string of the molecule is COc1ccc(C(=O)N[C@H]2CCc3ccccc32)cc1F. The molecular weight excluding hydrogens is 269 g/mol. The molecule has 0 aromatic heterocycles. The first-order valence-corrected chi connectivity index (χ1v) is 6.91. The fraction of sp³-hybridized carbons (Fsp3) is 0.235. The smallest absolute Gasteiger partial charge is 0.251 e. The van der Waals surface area contributed by atoms with Gasteiger partial charge in [0.1, 0.15) is 0 Å². The quantitative estimate of drug-likeness (QED) is 0.940. The fourth-order valence-corrected chi connectivity index (χ4v) is 2.76. The molecule has 0 unspecified atom stereocenters. The van der Waals surface area contributed by atoms with Crippen LogP contribution in [-0.4, -0.2) is 13.0 Å². The highest BCUT2D eigenvalue weighted by atomic mass is 19.1. The van der Waals surface area contributed by atoms with E-state index in [1.165, 1.54) is 24.8 Å². The van der Waals surface area contributed by atoms with Crippen LogP contribution in [0.2, 0.25) is 0 Å². The number of amides is 1. The minimum absolute atomic E-state index is 0.00105. The minimum Gasteiger partial charge on any atom is -0.494 e. The Bertz CT molecular complexity index is 684. The van der Waals surface area contributed by atoms with E-state index in [2.05, 4.69) is 11.4 Å². The predicted octanol–water partition coefficient (Wildman–Crippen LogP) is 3.25. The molecule has 1 atom stereocenters. The van der Waals surface area contributed by atoms with Gasteiger partial charge in [0, 0.05) is 5.56 Å². The van der Waals surface area contributed by atoms with E-state index in [1.807, 2.05) is 18.2 Å². The lowest BCUT2D eigenvalue weighted by Crippen LogP contribution is -2.27. The van der Waals surface area contributed by atoms with Gasteiger partial charge < -0.3 is 10.1 Å². The third-order valence-corrected chi connectivity index (χ3v) is 3.85. The van der Waals surface area contributed by atoms with Crippen LogP contribution < -0.4 is 10.1 Å². The number of methoxy groups -OCH3 is 1. The molecular formula is C17H16FNO2. The van der Waals surface area contributed by atoms with Crippen molar-refractivity contribution in [3.05, 3.63) is 65.0 Å². The van der Waals surface area contributed by atoms with Crippen molar-refractivity contribution < 1.29 is 13.9 Å². The lowest BCUT2D eigenvalue weighted by molar-refractivity contribution is 0.0936. The van der Waals surface area contributed by atoms with Gasteiger partial charge in [-0.05, 0) is 42.2 Å². The van der Waals surface area contributed by atoms with E-state index in [-0.39, 0.29) is 17.7 Å². The predicted molar refractivity (Wildman–Crippen MR) is 77.9 cm³/mol. The zero-order chi connectivity index (χ0) is 14.8. The summed E-state index contributed by atoms with van der Waals surface area (Å²) in [4.78, 5) is 12.2. The molecule has 0 aliphatic heterocycles. The van der Waals surface area contributed by atoms with E-state index in [4.69, 9.17) is 4.74 Å². The van der Waals surface area contributed by atoms with Crippen molar-refractivity contribution in [2.75, 3.05) is 7.11 Å². The summed E-state index contributed by atoms with van der Waals surface area (Å²) in [6.45, 7) is 0. The van der Waals surface area contributed by atoms with Crippen LogP contribution in [0.3, 0.4) is 0 Å². The molecule has 1 amide bonds. The molecule has 1 N–H and O–H groups in total. The Hall–Kier alpha value is -2.36. The summed E-state index contributed by atoms with van der Waals surface area (Å²) >= 11 is 0. The molecule has 0 bridgehead atoms. The average Bonchev–Trinajstić information content (AvgIpc) is 2.90. The van der Waals surface area contributed by atoms with Crippen LogP contribution in [-0.2, 0) is 6.42 Å². The molecule has 0 spiro atoms. The van der Waals surface area contributed by atoms with Gasteiger partial charge in [-0.25, -0.2) is 4.39 Å². The maximum Gasteiger partial charge on any atom is 0.251 e. The summed E-state index contributed by atoms with van der Waals surface area (Å²) in [6.07, 6.45) is 1.84. The molecule has 2 aromatic rings. The van der Waals surface area contributed by atoms with Gasteiger partial charge in [-0.15, -0.1) is 0 Å². The number of fused-ring (bicyclic) bond motifs is 1. The van der Waals surface area contributed by atoms with Crippen LogP contribution in [0.25, 0.3) is 0 Å². The number of hydrogen-bond acceptors (Lipinski definition) is 2. The van der Waals surface area contributed by atoms with Gasteiger partial charge in [-0.1, -0.05) is 24.3 Å². The molecule has 0 heterocycles. The second-order valence-electron chi connectivity index (χ2n) is 5.11. The van der Waals surface area contributed by atoms with Crippen molar-refractivity contribution in [1.29, 1.82) is 0 Å². The molecule has 2 aromatic carbocycles. The van der Waals surface area contributed by atoms with Crippen LogP contribution in [0.5, 0.6) is 5.75 Å². The average molecular weight is 285 g/mol. The number of hydrogen-bond donors (Lipinski definition) is 1. The minimum atomic E-state index is -0.531. The van der Waals surface area contributed by atoms with E-state index in [0.717, 1.165) is 18.4 Å². The first-order chi connectivity index (χ1) is 10.2. The molecule has 3 rings (SSSR count). The highest BCUT2D eigenvalue weighted by Gasteiger charge is 2.24. The molecule has 1 aliphatic carbocycles. The number of ether oxygens (including phenoxy) is 1. The summed E-state index contributed by atoms with van der Waals surface area (Å²) in [5.74, 6) is -0.659. The molecule has 1 aliphatic rings. The molecule has 4 heteroatoms. The topological polar surface area (TPSA) is 38.3 Å². The molecule has 0 saturated heterocycles. The molecule has 3 nitrogen and oxygen atoms in total. The second-order valence-corrected chi connectivity index (χ2v) is 5.11. The van der Waals surface area contributed by atoms with Gasteiger partial charge in [0.05, 0.1) is 13.2 Å². The monoisotopic (exact) mass is 285 g/mol. The van der Waals surface area contributed by atoms with E-state index in [9.17, 15) is 9.18 Å². The van der Waals surface area contributed by atoms with Crippen molar-refractivity contribution in [2.45, 2.75) is 18.9 Å². The van der Waals surface area contributed by atoms with Crippen LogP contribution >= 0.6 is 0 Å². The number of rotatable bonds is 3. The molecule has 21 heavy (non-hydrogen) atoms. The van der Waals surface area contributed by atoms with Crippen molar-refractivity contribution in [3.63, 3.8) is 0 Å². The van der Waals surface area contributed by atoms with E-state index in [1.54, 1.807) is 6.07 Å². The largest absolute Gasteiger partial charge is 0.494 e. The number of carbonyl (C=O) groups excluding carboxylic acids is 1. The maximum atomic E-state index is 13.7. The number of aryl methyl sites for hydroxylation is 1. The fourth-order valence-electron chi connectivity index (χ4n) is 2.76. The maximum absolute atomic E-state index is 13.7. The van der Waals surface area contributed by atoms with Crippen molar-refractivity contribution in [2.24, 2.45) is 0 Å². The Labute approximate surface area is 122 Å². The number of carbonyl (C=O) groups is 1. The van der Waals surface area contributed by atoms with E-state index >= 15 is 0 Å². The Balaban J connectivity index is 1.77. The Kier molecular flexibility index (Phi) is 3.60. The number of halogens is 1. The summed E-state index contributed by atoms with van der Waals surface area (Å²) in [7, 11) is 1.40. The second kappa shape index (κ2) is 5.56. The standard InChI is InChI=1S/C17H16FNO2/c1-21-16-9-7-12(10-14(16)18)17(20)19-15-8-6-11-4-2-3-5-13(11)15/h2-5,7,9-10,15H,6,8H2,1H3,(H,19,20)/t15-/m0/s1. The van der Waals surface area contributed by atoms with Crippen LogP contribution in [0, 0.1) is 5.82 Å². The van der Waals surface area contributed by atoms with E-state index < -0.39 is 5.82 Å². The lowest BCUT2D eigenvalue weighted by Gasteiger charge is -2.14. The van der Waals surface area contributed by atoms with Gasteiger partial charge in [0.15, 0.2) is 11.6 Å². The first-order valence-electron chi connectivity index (χ1n) is 6.91. The van der Waals surface area contributed by atoms with Crippen LogP contribution in [0.4, 0.5) is 4.39 Å². The number of benzene rings is 2. The molecule has 0 radical (unpaired) electrons. The van der Waals surface area contributed by atoms with Gasteiger partial charge in [-0.2, -0.15) is 0 Å². The van der Waals surface area contributed by atoms with Crippen LogP contribution in [0.15, 0.2) is 42.5 Å². The zero-order valence-corrected chi connectivity index (χ0v) is 11.7. The highest BCUT2D eigenvalue weighted by Crippen LogP contribution is 2.31. The third kappa shape index (κ3) is 2.61. The first kappa shape index (κ1) is 13.6. The van der Waals surface area contributed by atoms with Crippen LogP contribution in [0.1, 0.15) is 33.9 Å². The summed E-state index contributed by atoms with van der Waals surface area (Å²) in [5.41, 5.74) is 2.72.